The standard InChI is InChI=1S/C17H14BrNO3S/c18-13-8-6-12(7-9-13)15-16(17(15,10-19)11-20)23(21,22)14-4-2-1-3-5-14/h1-9,15-16,20H,11H2/t15-,16-,17+/m0/s1. The van der Waals surface area contributed by atoms with Crippen molar-refractivity contribution in [2.45, 2.75) is 16.1 Å². The molecule has 1 fully saturated rings. The number of aliphatic hydroxyl groups excluding tert-OH is 1. The number of hydrogen-bond acceptors (Lipinski definition) is 4. The number of rotatable bonds is 4. The molecule has 0 heterocycles. The van der Waals surface area contributed by atoms with E-state index >= 15 is 0 Å². The van der Waals surface area contributed by atoms with Gasteiger partial charge in [-0.2, -0.15) is 5.26 Å². The molecule has 4 nitrogen and oxygen atoms in total. The maximum absolute atomic E-state index is 12.9. The Morgan fingerprint density at radius 2 is 1.74 bits per heavy atom. The van der Waals surface area contributed by atoms with E-state index in [2.05, 4.69) is 22.0 Å². The van der Waals surface area contributed by atoms with Crippen LogP contribution in [0.5, 0.6) is 0 Å². The molecule has 118 valence electrons. The van der Waals surface area contributed by atoms with E-state index in [0.29, 0.717) is 0 Å². The number of hydrogen-bond donors (Lipinski definition) is 1. The van der Waals surface area contributed by atoms with Crippen LogP contribution in [0.25, 0.3) is 0 Å². The summed E-state index contributed by atoms with van der Waals surface area (Å²) in [7, 11) is -3.70. The van der Waals surface area contributed by atoms with Gasteiger partial charge in [0.15, 0.2) is 9.84 Å². The minimum atomic E-state index is -3.70. The first-order valence-corrected chi connectivity index (χ1v) is 9.38. The Kier molecular flexibility index (Phi) is 4.05. The first-order chi connectivity index (χ1) is 11.0. The topological polar surface area (TPSA) is 78.2 Å². The Labute approximate surface area is 143 Å². The minimum absolute atomic E-state index is 0.178. The molecule has 0 amide bonds. The van der Waals surface area contributed by atoms with Crippen molar-refractivity contribution in [1.29, 1.82) is 5.26 Å². The molecule has 3 rings (SSSR count). The lowest BCUT2D eigenvalue weighted by Gasteiger charge is -2.05. The highest BCUT2D eigenvalue weighted by Gasteiger charge is 2.72. The Morgan fingerprint density at radius 1 is 1.13 bits per heavy atom. The van der Waals surface area contributed by atoms with Gasteiger partial charge in [-0.3, -0.25) is 0 Å². The van der Waals surface area contributed by atoms with Crippen LogP contribution in [0.4, 0.5) is 0 Å². The van der Waals surface area contributed by atoms with Crippen LogP contribution in [-0.2, 0) is 9.84 Å². The Balaban J connectivity index is 2.07. The Bertz CT molecular complexity index is 859. The van der Waals surface area contributed by atoms with Gasteiger partial charge in [0.25, 0.3) is 0 Å². The van der Waals surface area contributed by atoms with Crippen LogP contribution in [0.3, 0.4) is 0 Å². The number of aliphatic hydroxyl groups is 1. The molecule has 0 saturated heterocycles. The van der Waals surface area contributed by atoms with Crippen LogP contribution in [0.1, 0.15) is 11.5 Å². The molecule has 0 bridgehead atoms. The second-order valence-electron chi connectivity index (χ2n) is 5.62. The lowest BCUT2D eigenvalue weighted by Crippen LogP contribution is -2.18. The van der Waals surface area contributed by atoms with Gasteiger partial charge in [-0.05, 0) is 29.8 Å². The largest absolute Gasteiger partial charge is 0.395 e. The van der Waals surface area contributed by atoms with Crippen LogP contribution >= 0.6 is 15.9 Å². The van der Waals surface area contributed by atoms with Gasteiger partial charge >= 0.3 is 0 Å². The number of nitrogens with zero attached hydrogens (tertiary/aromatic N) is 1. The summed E-state index contributed by atoms with van der Waals surface area (Å²) in [5.41, 5.74) is -0.545. The van der Waals surface area contributed by atoms with Crippen molar-refractivity contribution >= 4 is 25.8 Å². The third kappa shape index (κ3) is 2.49. The van der Waals surface area contributed by atoms with Crippen molar-refractivity contribution in [1.82, 2.24) is 0 Å². The van der Waals surface area contributed by atoms with Crippen molar-refractivity contribution in [3.8, 4) is 6.07 Å². The zero-order valence-electron chi connectivity index (χ0n) is 12.1. The first kappa shape index (κ1) is 16.2. The highest BCUT2D eigenvalue weighted by Crippen LogP contribution is 2.63. The summed E-state index contributed by atoms with van der Waals surface area (Å²) in [6.07, 6.45) is 0. The van der Waals surface area contributed by atoms with Crippen molar-refractivity contribution < 1.29 is 13.5 Å². The van der Waals surface area contributed by atoms with Crippen molar-refractivity contribution in [2.75, 3.05) is 6.61 Å². The van der Waals surface area contributed by atoms with E-state index in [-0.39, 0.29) is 4.90 Å². The maximum atomic E-state index is 12.9. The van der Waals surface area contributed by atoms with Gasteiger partial charge in [0.05, 0.1) is 22.8 Å². The fourth-order valence-electron chi connectivity index (χ4n) is 3.12. The molecule has 6 heteroatoms. The van der Waals surface area contributed by atoms with Gasteiger partial charge in [0, 0.05) is 10.4 Å². The summed E-state index contributed by atoms with van der Waals surface area (Å²) >= 11 is 3.34. The zero-order valence-corrected chi connectivity index (χ0v) is 14.5. The van der Waals surface area contributed by atoms with Crippen LogP contribution in [0.15, 0.2) is 64.0 Å². The summed E-state index contributed by atoms with van der Waals surface area (Å²) < 4.78 is 26.7. The van der Waals surface area contributed by atoms with Gasteiger partial charge in [0.1, 0.15) is 5.41 Å². The lowest BCUT2D eigenvalue weighted by atomic mass is 10.0. The molecule has 0 radical (unpaired) electrons. The molecule has 2 aromatic carbocycles. The average molecular weight is 392 g/mol. The predicted molar refractivity (Wildman–Crippen MR) is 89.4 cm³/mol. The molecular formula is C17H14BrNO3S. The molecule has 1 aliphatic carbocycles. The van der Waals surface area contributed by atoms with Gasteiger partial charge in [-0.15, -0.1) is 0 Å². The number of sulfone groups is 1. The average Bonchev–Trinajstić information content (AvgIpc) is 3.27. The second-order valence-corrected chi connectivity index (χ2v) is 8.60. The fourth-order valence-corrected chi connectivity index (χ4v) is 5.72. The molecule has 1 saturated carbocycles. The van der Waals surface area contributed by atoms with Gasteiger partial charge in [0.2, 0.25) is 0 Å². The van der Waals surface area contributed by atoms with Crippen LogP contribution in [0, 0.1) is 16.7 Å². The van der Waals surface area contributed by atoms with Crippen molar-refractivity contribution in [3.05, 3.63) is 64.6 Å². The van der Waals surface area contributed by atoms with Gasteiger partial charge in [-0.1, -0.05) is 46.3 Å². The number of nitriles is 1. The third-order valence-electron chi connectivity index (χ3n) is 4.36. The molecule has 23 heavy (non-hydrogen) atoms. The number of benzene rings is 2. The highest BCUT2D eigenvalue weighted by molar-refractivity contribution is 9.10. The molecular weight excluding hydrogens is 378 g/mol. The van der Waals surface area contributed by atoms with E-state index in [0.717, 1.165) is 10.0 Å². The summed E-state index contributed by atoms with van der Waals surface area (Å²) in [6, 6.07) is 17.3. The zero-order chi connectivity index (χ0) is 16.7. The van der Waals surface area contributed by atoms with E-state index in [1.807, 2.05) is 0 Å². The van der Waals surface area contributed by atoms with Gasteiger partial charge < -0.3 is 5.11 Å². The second kappa shape index (κ2) is 5.75. The number of halogens is 1. The predicted octanol–water partition coefficient (Wildman–Crippen LogP) is 2.89. The smallest absolute Gasteiger partial charge is 0.183 e. The van der Waals surface area contributed by atoms with Crippen LogP contribution in [0.2, 0.25) is 0 Å². The molecule has 3 atom stereocenters. The first-order valence-electron chi connectivity index (χ1n) is 7.04. The van der Waals surface area contributed by atoms with E-state index in [4.69, 9.17) is 0 Å². The van der Waals surface area contributed by atoms with Gasteiger partial charge in [-0.25, -0.2) is 8.42 Å². The van der Waals surface area contributed by atoms with E-state index in [9.17, 15) is 18.8 Å². The SMILES string of the molecule is N#C[C@@]1(CO)[C@@H](c2ccc(Br)cc2)[C@@H]1S(=O)(=O)c1ccccc1. The normalized spacial score (nSPS) is 26.5. The van der Waals surface area contributed by atoms with Crippen LogP contribution < -0.4 is 0 Å². The quantitative estimate of drug-likeness (QED) is 0.868. The van der Waals surface area contributed by atoms with Crippen LogP contribution in [-0.4, -0.2) is 25.4 Å². The molecule has 1 N–H and O–H groups in total. The van der Waals surface area contributed by atoms with Crippen molar-refractivity contribution in [3.63, 3.8) is 0 Å². The van der Waals surface area contributed by atoms with E-state index in [1.54, 1.807) is 42.5 Å². The molecule has 0 unspecified atom stereocenters. The van der Waals surface area contributed by atoms with Crippen molar-refractivity contribution in [2.24, 2.45) is 5.41 Å². The third-order valence-corrected chi connectivity index (χ3v) is 7.18. The summed E-state index contributed by atoms with van der Waals surface area (Å²) in [6.45, 7) is -0.485. The molecule has 2 aromatic rings. The molecule has 0 aliphatic heterocycles. The minimum Gasteiger partial charge on any atom is -0.395 e. The van der Waals surface area contributed by atoms with E-state index in [1.165, 1.54) is 12.1 Å². The fraction of sp³-hybridized carbons (Fsp3) is 0.235. The summed E-state index contributed by atoms with van der Waals surface area (Å²) in [5.74, 6) is -0.532. The maximum Gasteiger partial charge on any atom is 0.183 e. The molecule has 0 spiro atoms. The molecule has 1 aliphatic rings. The lowest BCUT2D eigenvalue weighted by molar-refractivity contribution is 0.242. The Morgan fingerprint density at radius 3 is 2.26 bits per heavy atom. The highest BCUT2D eigenvalue weighted by atomic mass is 79.9. The molecule has 0 aromatic heterocycles. The summed E-state index contributed by atoms with van der Waals surface area (Å²) in [4.78, 5) is 0.178. The Hall–Kier alpha value is -1.68. The summed E-state index contributed by atoms with van der Waals surface area (Å²) in [5, 5.41) is 18.3. The monoisotopic (exact) mass is 391 g/mol. The van der Waals surface area contributed by atoms with E-state index < -0.39 is 33.0 Å².